The minimum atomic E-state index is -3.61. The van der Waals surface area contributed by atoms with E-state index in [0.717, 1.165) is 0 Å². The smallest absolute Gasteiger partial charge is 0.223 e. The van der Waals surface area contributed by atoms with Crippen molar-refractivity contribution in [2.24, 2.45) is 5.73 Å². The van der Waals surface area contributed by atoms with Gasteiger partial charge < -0.3 is 15.6 Å². The van der Waals surface area contributed by atoms with Crippen LogP contribution in [0.2, 0.25) is 0 Å². The van der Waals surface area contributed by atoms with E-state index in [1.165, 1.54) is 4.31 Å². The number of morpholine rings is 1. The fourth-order valence-corrected chi connectivity index (χ4v) is 4.29. The van der Waals surface area contributed by atoms with Gasteiger partial charge in [0.25, 0.3) is 0 Å². The van der Waals surface area contributed by atoms with Crippen LogP contribution in [0.4, 0.5) is 0 Å². The summed E-state index contributed by atoms with van der Waals surface area (Å²) in [5.41, 5.74) is 5.46. The van der Waals surface area contributed by atoms with Crippen LogP contribution in [-0.2, 0) is 14.8 Å². The minimum absolute atomic E-state index is 0.0318. The SMILES string of the molecule is CCC(C(N)=S)S(=O)(=O)N1CCOCC1CO. The van der Waals surface area contributed by atoms with Gasteiger partial charge in [0.2, 0.25) is 10.0 Å². The van der Waals surface area contributed by atoms with E-state index >= 15 is 0 Å². The number of rotatable bonds is 5. The van der Waals surface area contributed by atoms with Crippen molar-refractivity contribution >= 4 is 27.2 Å². The van der Waals surface area contributed by atoms with Crippen LogP contribution >= 0.6 is 12.2 Å². The summed E-state index contributed by atoms with van der Waals surface area (Å²) in [7, 11) is -3.61. The third-order valence-electron chi connectivity index (χ3n) is 2.76. The van der Waals surface area contributed by atoms with E-state index in [-0.39, 0.29) is 24.7 Å². The first-order valence-corrected chi connectivity index (χ1v) is 7.34. The summed E-state index contributed by atoms with van der Waals surface area (Å²) >= 11 is 4.79. The lowest BCUT2D eigenvalue weighted by atomic mass is 10.3. The highest BCUT2D eigenvalue weighted by Crippen LogP contribution is 2.18. The van der Waals surface area contributed by atoms with Crippen LogP contribution < -0.4 is 5.73 Å². The van der Waals surface area contributed by atoms with E-state index in [0.29, 0.717) is 13.0 Å². The molecule has 0 spiro atoms. The molecule has 3 N–H and O–H groups in total. The number of nitrogens with two attached hydrogens (primary N) is 1. The van der Waals surface area contributed by atoms with Crippen molar-refractivity contribution in [1.82, 2.24) is 4.31 Å². The number of hydrogen-bond donors (Lipinski definition) is 2. The Morgan fingerprint density at radius 2 is 2.35 bits per heavy atom. The zero-order valence-electron chi connectivity index (χ0n) is 9.70. The molecule has 0 aliphatic carbocycles. The molecule has 0 bridgehead atoms. The highest BCUT2D eigenvalue weighted by atomic mass is 32.2. The molecule has 0 amide bonds. The number of hydrogen-bond acceptors (Lipinski definition) is 5. The van der Waals surface area contributed by atoms with E-state index in [1.807, 2.05) is 0 Å². The zero-order chi connectivity index (χ0) is 13.1. The van der Waals surface area contributed by atoms with Gasteiger partial charge in [-0.3, -0.25) is 0 Å². The first kappa shape index (κ1) is 14.8. The molecule has 1 aliphatic heterocycles. The molecule has 1 aliphatic rings. The van der Waals surface area contributed by atoms with Gasteiger partial charge in [0, 0.05) is 6.54 Å². The molecule has 0 radical (unpaired) electrons. The van der Waals surface area contributed by atoms with E-state index in [9.17, 15) is 8.42 Å². The highest BCUT2D eigenvalue weighted by Gasteiger charge is 2.38. The Labute approximate surface area is 107 Å². The second-order valence-corrected chi connectivity index (χ2v) is 6.41. The minimum Gasteiger partial charge on any atom is -0.395 e. The fraction of sp³-hybridized carbons (Fsp3) is 0.889. The van der Waals surface area contributed by atoms with E-state index in [4.69, 9.17) is 27.8 Å². The number of nitrogens with zero attached hydrogens (tertiary/aromatic N) is 1. The third kappa shape index (κ3) is 3.14. The maximum Gasteiger partial charge on any atom is 0.223 e. The molecular weight excluding hydrogens is 264 g/mol. The Morgan fingerprint density at radius 3 is 2.82 bits per heavy atom. The number of ether oxygens (including phenoxy) is 1. The largest absolute Gasteiger partial charge is 0.395 e. The zero-order valence-corrected chi connectivity index (χ0v) is 11.3. The van der Waals surface area contributed by atoms with Gasteiger partial charge in [-0.15, -0.1) is 0 Å². The molecule has 0 aromatic rings. The van der Waals surface area contributed by atoms with Gasteiger partial charge >= 0.3 is 0 Å². The summed E-state index contributed by atoms with van der Waals surface area (Å²) in [6, 6.07) is -0.544. The molecule has 0 aromatic carbocycles. The second-order valence-electron chi connectivity index (χ2n) is 3.87. The van der Waals surface area contributed by atoms with Crippen LogP contribution in [0.3, 0.4) is 0 Å². The van der Waals surface area contributed by atoms with E-state index in [1.54, 1.807) is 6.92 Å². The van der Waals surface area contributed by atoms with Gasteiger partial charge in [0.15, 0.2) is 0 Å². The molecule has 1 heterocycles. The Balaban J connectivity index is 2.98. The van der Waals surface area contributed by atoms with Gasteiger partial charge in [0.05, 0.1) is 30.9 Å². The summed E-state index contributed by atoms with van der Waals surface area (Å²) in [6.07, 6.45) is 0.327. The van der Waals surface area contributed by atoms with Crippen LogP contribution in [0.15, 0.2) is 0 Å². The molecule has 1 saturated heterocycles. The van der Waals surface area contributed by atoms with Crippen LogP contribution in [-0.4, -0.2) is 60.5 Å². The molecule has 1 rings (SSSR count). The summed E-state index contributed by atoms with van der Waals surface area (Å²) in [4.78, 5) is -0.0318. The molecule has 0 saturated carbocycles. The molecule has 6 nitrogen and oxygen atoms in total. The van der Waals surface area contributed by atoms with Crippen molar-refractivity contribution in [1.29, 1.82) is 0 Å². The van der Waals surface area contributed by atoms with E-state index < -0.39 is 21.3 Å². The second kappa shape index (κ2) is 6.05. The molecule has 8 heteroatoms. The molecule has 17 heavy (non-hydrogen) atoms. The molecular formula is C9H18N2O4S2. The number of thiocarbonyl (C=S) groups is 1. The average molecular weight is 282 g/mol. The predicted molar refractivity (Wildman–Crippen MR) is 68.2 cm³/mol. The van der Waals surface area contributed by atoms with Crippen molar-refractivity contribution < 1.29 is 18.3 Å². The first-order chi connectivity index (χ1) is 7.95. The summed E-state index contributed by atoms with van der Waals surface area (Å²) in [5.74, 6) is 0. The van der Waals surface area contributed by atoms with Gasteiger partial charge in [-0.05, 0) is 6.42 Å². The van der Waals surface area contributed by atoms with Gasteiger partial charge in [-0.25, -0.2) is 8.42 Å². The van der Waals surface area contributed by atoms with E-state index in [2.05, 4.69) is 0 Å². The van der Waals surface area contributed by atoms with Crippen LogP contribution in [0, 0.1) is 0 Å². The topological polar surface area (TPSA) is 92.9 Å². The average Bonchev–Trinajstić information content (AvgIpc) is 2.29. The monoisotopic (exact) mass is 282 g/mol. The van der Waals surface area contributed by atoms with Crippen LogP contribution in [0.25, 0.3) is 0 Å². The lowest BCUT2D eigenvalue weighted by Gasteiger charge is -2.35. The Bertz CT molecular complexity index is 371. The first-order valence-electron chi connectivity index (χ1n) is 5.43. The van der Waals surface area contributed by atoms with Crippen molar-refractivity contribution in [3.63, 3.8) is 0 Å². The number of aliphatic hydroxyl groups excluding tert-OH is 1. The standard InChI is InChI=1S/C9H18N2O4S2/c1-2-8(9(10)16)17(13,14)11-3-4-15-6-7(11)5-12/h7-8,12H,2-6H2,1H3,(H2,10,16). The highest BCUT2D eigenvalue weighted by molar-refractivity contribution is 7.92. The Morgan fingerprint density at radius 1 is 1.71 bits per heavy atom. The van der Waals surface area contributed by atoms with Gasteiger partial charge in [-0.2, -0.15) is 4.31 Å². The lowest BCUT2D eigenvalue weighted by Crippen LogP contribution is -2.54. The third-order valence-corrected chi connectivity index (χ3v) is 5.63. The molecule has 2 atom stereocenters. The summed E-state index contributed by atoms with van der Waals surface area (Å²) < 4.78 is 31.0. The van der Waals surface area contributed by atoms with Crippen LogP contribution in [0.5, 0.6) is 0 Å². The fourth-order valence-electron chi connectivity index (χ4n) is 1.84. The molecule has 0 aromatic heterocycles. The van der Waals surface area contributed by atoms with Crippen LogP contribution in [0.1, 0.15) is 13.3 Å². The maximum atomic E-state index is 12.3. The molecule has 2 unspecified atom stereocenters. The van der Waals surface area contributed by atoms with Crippen molar-refractivity contribution in [2.75, 3.05) is 26.4 Å². The van der Waals surface area contributed by atoms with Crippen molar-refractivity contribution in [3.05, 3.63) is 0 Å². The molecule has 100 valence electrons. The van der Waals surface area contributed by atoms with Crippen molar-refractivity contribution in [3.8, 4) is 0 Å². The summed E-state index contributed by atoms with van der Waals surface area (Å²) in [6.45, 7) is 2.20. The van der Waals surface area contributed by atoms with Gasteiger partial charge in [-0.1, -0.05) is 19.1 Å². The Hall–Kier alpha value is -0.280. The summed E-state index contributed by atoms with van der Waals surface area (Å²) in [5, 5.41) is 8.30. The number of aliphatic hydroxyl groups is 1. The maximum absolute atomic E-state index is 12.3. The lowest BCUT2D eigenvalue weighted by molar-refractivity contribution is 0.0107. The Kier molecular flexibility index (Phi) is 5.26. The van der Waals surface area contributed by atoms with Crippen molar-refractivity contribution in [2.45, 2.75) is 24.6 Å². The predicted octanol–water partition coefficient (Wildman–Crippen LogP) is -0.926. The molecule has 1 fully saturated rings. The normalized spacial score (nSPS) is 24.5. The van der Waals surface area contributed by atoms with Gasteiger partial charge in [0.1, 0.15) is 5.25 Å². The quantitative estimate of drug-likeness (QED) is 0.633. The number of sulfonamides is 1.